The van der Waals surface area contributed by atoms with Gasteiger partial charge < -0.3 is 20.6 Å². The maximum atomic E-state index is 12.8. The number of nitrogens with zero attached hydrogens (tertiary/aromatic N) is 1. The van der Waals surface area contributed by atoms with E-state index in [1.165, 1.54) is 4.90 Å². The molecule has 0 bridgehead atoms. The number of carbonyl (C=O) groups is 5. The van der Waals surface area contributed by atoms with E-state index in [9.17, 15) is 24.0 Å². The second-order valence-corrected chi connectivity index (χ2v) is 6.96. The fourth-order valence-electron chi connectivity index (χ4n) is 3.54. The van der Waals surface area contributed by atoms with Gasteiger partial charge in [-0.15, -0.1) is 0 Å². The first kappa shape index (κ1) is 20.3. The van der Waals surface area contributed by atoms with E-state index in [1.54, 1.807) is 12.1 Å². The highest BCUT2D eigenvalue weighted by molar-refractivity contribution is 6.05. The van der Waals surface area contributed by atoms with Crippen LogP contribution < -0.4 is 16.0 Å². The zero-order valence-electron chi connectivity index (χ0n) is 15.7. The van der Waals surface area contributed by atoms with Crippen molar-refractivity contribution in [3.8, 4) is 0 Å². The van der Waals surface area contributed by atoms with E-state index in [0.717, 1.165) is 11.1 Å². The first-order chi connectivity index (χ1) is 13.9. The zero-order valence-corrected chi connectivity index (χ0v) is 15.7. The van der Waals surface area contributed by atoms with Gasteiger partial charge >= 0.3 is 6.09 Å². The zero-order chi connectivity index (χ0) is 21.0. The summed E-state index contributed by atoms with van der Waals surface area (Å²) in [5.41, 5.74) is 2.03. The molecule has 1 aromatic rings. The van der Waals surface area contributed by atoms with Crippen molar-refractivity contribution in [3.63, 3.8) is 0 Å². The van der Waals surface area contributed by atoms with E-state index in [2.05, 4.69) is 16.0 Å². The van der Waals surface area contributed by atoms with Crippen LogP contribution in [0.3, 0.4) is 0 Å². The van der Waals surface area contributed by atoms with E-state index in [1.807, 2.05) is 6.07 Å². The van der Waals surface area contributed by atoms with Crippen molar-refractivity contribution in [2.75, 3.05) is 6.54 Å². The molecule has 10 heteroatoms. The predicted molar refractivity (Wildman–Crippen MR) is 99.6 cm³/mol. The number of nitrogens with one attached hydrogen (secondary N) is 3. The van der Waals surface area contributed by atoms with Gasteiger partial charge in [0.2, 0.25) is 17.7 Å². The number of hydrogen-bond donors (Lipinski definition) is 4. The predicted octanol–water partition coefficient (Wildman–Crippen LogP) is 0.112. The molecule has 0 aromatic heterocycles. The summed E-state index contributed by atoms with van der Waals surface area (Å²) in [7, 11) is 0. The monoisotopic (exact) mass is 402 g/mol. The Morgan fingerprint density at radius 1 is 1.21 bits per heavy atom. The van der Waals surface area contributed by atoms with Crippen molar-refractivity contribution in [1.82, 2.24) is 20.9 Å². The molecule has 1 atom stereocenters. The second kappa shape index (κ2) is 8.72. The Bertz CT molecular complexity index is 868. The smallest absolute Gasteiger partial charge is 0.404 e. The van der Waals surface area contributed by atoms with Gasteiger partial charge in [0, 0.05) is 38.0 Å². The molecule has 1 saturated heterocycles. The first-order valence-corrected chi connectivity index (χ1v) is 9.35. The van der Waals surface area contributed by atoms with Crippen LogP contribution in [-0.4, -0.2) is 52.3 Å². The lowest BCUT2D eigenvalue weighted by Gasteiger charge is -2.29. The molecule has 1 unspecified atom stereocenters. The molecule has 0 spiro atoms. The molecule has 10 nitrogen and oxygen atoms in total. The number of benzene rings is 1. The van der Waals surface area contributed by atoms with Crippen LogP contribution in [0, 0.1) is 0 Å². The molecule has 29 heavy (non-hydrogen) atoms. The lowest BCUT2D eigenvalue weighted by molar-refractivity contribution is -0.137. The molecule has 2 aliphatic rings. The van der Waals surface area contributed by atoms with Crippen LogP contribution in [0.2, 0.25) is 0 Å². The summed E-state index contributed by atoms with van der Waals surface area (Å²) < 4.78 is 0. The van der Waals surface area contributed by atoms with Gasteiger partial charge in [-0.3, -0.25) is 24.5 Å². The third kappa shape index (κ3) is 4.71. The summed E-state index contributed by atoms with van der Waals surface area (Å²) in [4.78, 5) is 60.1. The van der Waals surface area contributed by atoms with Crippen molar-refractivity contribution in [3.05, 3.63) is 34.9 Å². The number of amides is 5. The highest BCUT2D eigenvalue weighted by atomic mass is 16.4. The van der Waals surface area contributed by atoms with Gasteiger partial charge in [-0.1, -0.05) is 12.1 Å². The van der Waals surface area contributed by atoms with Gasteiger partial charge in [0.25, 0.3) is 5.91 Å². The van der Waals surface area contributed by atoms with Gasteiger partial charge in [0.15, 0.2) is 0 Å². The van der Waals surface area contributed by atoms with Crippen molar-refractivity contribution in [2.24, 2.45) is 0 Å². The number of piperidine rings is 1. The maximum absolute atomic E-state index is 12.8. The number of carbonyl (C=O) groups excluding carboxylic acids is 4. The minimum absolute atomic E-state index is 0.177. The van der Waals surface area contributed by atoms with Crippen LogP contribution in [0.5, 0.6) is 0 Å². The third-order valence-corrected chi connectivity index (χ3v) is 5.01. The summed E-state index contributed by atoms with van der Waals surface area (Å²) in [6.07, 6.45) is -0.0870. The van der Waals surface area contributed by atoms with E-state index in [-0.39, 0.29) is 50.2 Å². The van der Waals surface area contributed by atoms with Crippen LogP contribution in [0.15, 0.2) is 18.2 Å². The Balaban J connectivity index is 1.60. The summed E-state index contributed by atoms with van der Waals surface area (Å²) in [6, 6.07) is 4.54. The molecule has 4 N–H and O–H groups in total. The van der Waals surface area contributed by atoms with Crippen LogP contribution in [-0.2, 0) is 27.5 Å². The van der Waals surface area contributed by atoms with Gasteiger partial charge in [-0.2, -0.15) is 0 Å². The Morgan fingerprint density at radius 3 is 2.72 bits per heavy atom. The average Bonchev–Trinajstić information content (AvgIpc) is 3.01. The van der Waals surface area contributed by atoms with E-state index < -0.39 is 18.0 Å². The molecule has 0 aliphatic carbocycles. The van der Waals surface area contributed by atoms with E-state index >= 15 is 0 Å². The maximum Gasteiger partial charge on any atom is 0.404 e. The van der Waals surface area contributed by atoms with Crippen molar-refractivity contribution >= 4 is 29.7 Å². The minimum Gasteiger partial charge on any atom is -0.465 e. The first-order valence-electron chi connectivity index (χ1n) is 9.35. The summed E-state index contributed by atoms with van der Waals surface area (Å²) >= 11 is 0. The van der Waals surface area contributed by atoms with Crippen LogP contribution >= 0.6 is 0 Å². The molecular weight excluding hydrogens is 380 g/mol. The van der Waals surface area contributed by atoms with Crippen molar-refractivity contribution < 1.29 is 29.1 Å². The average molecular weight is 402 g/mol. The lowest BCUT2D eigenvalue weighted by atomic mass is 10.0. The normalized spacial score (nSPS) is 18.3. The molecule has 0 radical (unpaired) electrons. The molecule has 2 aliphatic heterocycles. The second-order valence-electron chi connectivity index (χ2n) is 6.96. The minimum atomic E-state index is -1.13. The molecule has 154 valence electrons. The van der Waals surface area contributed by atoms with Gasteiger partial charge in [-0.05, 0) is 30.0 Å². The van der Waals surface area contributed by atoms with Crippen LogP contribution in [0.25, 0.3) is 0 Å². The molecule has 3 rings (SSSR count). The number of rotatable bonds is 7. The largest absolute Gasteiger partial charge is 0.465 e. The fraction of sp³-hybridized carbons (Fsp3) is 0.421. The van der Waals surface area contributed by atoms with Gasteiger partial charge in [0.05, 0.1) is 0 Å². The lowest BCUT2D eigenvalue weighted by Crippen LogP contribution is -2.52. The fourth-order valence-corrected chi connectivity index (χ4v) is 3.54. The SMILES string of the molecule is O=C(O)NCCCC(=O)NCc1cccc2c1CN(C1CCC(=O)NC1=O)C2=O. The Hall–Kier alpha value is -3.43. The number of hydrogen-bond acceptors (Lipinski definition) is 5. The standard InChI is InChI=1S/C19H22N4O6/c24-15(5-2-8-20-19(28)29)21-9-11-3-1-4-12-13(11)10-23(18(12)27)14-6-7-16(25)22-17(14)26/h1,3-4,14,20H,2,5-10H2,(H,21,24)(H,28,29)(H,22,25,26). The Kier molecular flexibility index (Phi) is 6.10. The highest BCUT2D eigenvalue weighted by Gasteiger charge is 2.39. The highest BCUT2D eigenvalue weighted by Crippen LogP contribution is 2.29. The summed E-state index contributed by atoms with van der Waals surface area (Å²) in [5, 5.41) is 15.7. The van der Waals surface area contributed by atoms with Gasteiger partial charge in [0.1, 0.15) is 6.04 Å². The molecule has 0 saturated carbocycles. The Morgan fingerprint density at radius 2 is 2.00 bits per heavy atom. The summed E-state index contributed by atoms with van der Waals surface area (Å²) in [6.45, 7) is 0.665. The molecule has 1 fully saturated rings. The number of imide groups is 1. The van der Waals surface area contributed by atoms with Crippen molar-refractivity contribution in [2.45, 2.75) is 44.8 Å². The van der Waals surface area contributed by atoms with Crippen LogP contribution in [0.4, 0.5) is 4.79 Å². The third-order valence-electron chi connectivity index (χ3n) is 5.01. The molecule has 5 amide bonds. The number of fused-ring (bicyclic) bond motifs is 1. The Labute approximate surface area is 166 Å². The van der Waals surface area contributed by atoms with Crippen molar-refractivity contribution in [1.29, 1.82) is 0 Å². The molecule has 2 heterocycles. The number of carboxylic acid groups (broad SMARTS) is 1. The quantitative estimate of drug-likeness (QED) is 0.376. The van der Waals surface area contributed by atoms with E-state index in [0.29, 0.717) is 18.4 Å². The summed E-state index contributed by atoms with van der Waals surface area (Å²) in [5.74, 6) is -1.28. The van der Waals surface area contributed by atoms with Gasteiger partial charge in [-0.25, -0.2) is 4.79 Å². The molecule has 1 aromatic carbocycles. The topological polar surface area (TPSA) is 145 Å². The molecular formula is C19H22N4O6. The van der Waals surface area contributed by atoms with Crippen LogP contribution in [0.1, 0.15) is 47.2 Å². The van der Waals surface area contributed by atoms with E-state index in [4.69, 9.17) is 5.11 Å².